The molecule has 0 aliphatic heterocycles. The normalized spacial score (nSPS) is 11.1. The lowest BCUT2D eigenvalue weighted by Gasteiger charge is -2.07. The number of nitrogens with one attached hydrogen (secondary N) is 1. The molecule has 10 heteroatoms. The number of nitrogens with zero attached hydrogens (tertiary/aromatic N) is 5. The van der Waals surface area contributed by atoms with Crippen molar-refractivity contribution >= 4 is 39.7 Å². The zero-order chi connectivity index (χ0) is 20.8. The van der Waals surface area contributed by atoms with Crippen molar-refractivity contribution in [2.45, 2.75) is 25.5 Å². The molecule has 1 N–H and O–H groups in total. The Hall–Kier alpha value is -2.85. The minimum atomic E-state index is -0.309. The van der Waals surface area contributed by atoms with Gasteiger partial charge in [0.1, 0.15) is 10.8 Å². The molecule has 1 aromatic carbocycles. The zero-order valence-electron chi connectivity index (χ0n) is 15.9. The minimum Gasteiger partial charge on any atom is -0.302 e. The third-order valence-electron chi connectivity index (χ3n) is 3.78. The molecule has 2 heterocycles. The molecule has 3 aromatic rings. The summed E-state index contributed by atoms with van der Waals surface area (Å²) in [6.07, 6.45) is 3.70. The van der Waals surface area contributed by atoms with Crippen molar-refractivity contribution in [2.75, 3.05) is 11.1 Å². The summed E-state index contributed by atoms with van der Waals surface area (Å²) in [4.78, 5) is 12.3. The van der Waals surface area contributed by atoms with Gasteiger partial charge >= 0.3 is 0 Å². The van der Waals surface area contributed by atoms with E-state index in [2.05, 4.69) is 32.3 Å². The highest BCUT2D eigenvalue weighted by Crippen LogP contribution is 2.25. The fourth-order valence-corrected chi connectivity index (χ4v) is 3.97. The molecule has 0 saturated heterocycles. The lowest BCUT2D eigenvalue weighted by Crippen LogP contribution is -2.14. The summed E-state index contributed by atoms with van der Waals surface area (Å²) in [5.74, 6) is 0.249. The van der Waals surface area contributed by atoms with Crippen molar-refractivity contribution in [2.24, 2.45) is 0 Å². The molecule has 0 fully saturated rings. The van der Waals surface area contributed by atoms with E-state index in [4.69, 9.17) is 0 Å². The van der Waals surface area contributed by atoms with E-state index in [1.54, 1.807) is 12.1 Å². The highest BCUT2D eigenvalue weighted by atomic mass is 32.2. The summed E-state index contributed by atoms with van der Waals surface area (Å²) in [6, 6.07) is 6.07. The summed E-state index contributed by atoms with van der Waals surface area (Å²) in [7, 11) is 0. The fourth-order valence-electron chi connectivity index (χ4n) is 2.45. The Balaban J connectivity index is 1.63. The largest absolute Gasteiger partial charge is 0.302 e. The quantitative estimate of drug-likeness (QED) is 0.424. The van der Waals surface area contributed by atoms with Crippen molar-refractivity contribution in [1.29, 1.82) is 0 Å². The first kappa shape index (κ1) is 20.9. The van der Waals surface area contributed by atoms with Crippen molar-refractivity contribution in [1.82, 2.24) is 25.0 Å². The van der Waals surface area contributed by atoms with E-state index in [1.165, 1.54) is 35.2 Å². The van der Waals surface area contributed by atoms with E-state index in [-0.39, 0.29) is 17.5 Å². The molecule has 2 aromatic heterocycles. The number of anilines is 1. The second-order valence-electron chi connectivity index (χ2n) is 5.83. The molecule has 0 spiro atoms. The van der Waals surface area contributed by atoms with Crippen LogP contribution < -0.4 is 5.32 Å². The summed E-state index contributed by atoms with van der Waals surface area (Å²) < 4.78 is 15.0. The Kier molecular flexibility index (Phi) is 6.89. The van der Waals surface area contributed by atoms with Gasteiger partial charge in [-0.15, -0.1) is 20.4 Å². The van der Waals surface area contributed by atoms with E-state index >= 15 is 0 Å². The lowest BCUT2D eigenvalue weighted by molar-refractivity contribution is -0.113. The molecular weight excluding hydrogens is 411 g/mol. The van der Waals surface area contributed by atoms with Gasteiger partial charge in [-0.05, 0) is 38.1 Å². The smallest absolute Gasteiger partial charge is 0.236 e. The number of halogens is 1. The van der Waals surface area contributed by atoms with Crippen LogP contribution >= 0.6 is 23.1 Å². The first-order valence-electron chi connectivity index (χ1n) is 8.79. The molecule has 0 unspecified atom stereocenters. The second kappa shape index (κ2) is 9.57. The molecule has 0 atom stereocenters. The van der Waals surface area contributed by atoms with Crippen LogP contribution in [0.25, 0.3) is 17.0 Å². The number of benzene rings is 1. The second-order valence-corrected chi connectivity index (χ2v) is 7.75. The minimum absolute atomic E-state index is 0.145. The van der Waals surface area contributed by atoms with Crippen molar-refractivity contribution in [3.63, 3.8) is 0 Å². The predicted molar refractivity (Wildman–Crippen MR) is 114 cm³/mol. The van der Waals surface area contributed by atoms with Crippen LogP contribution in [0.5, 0.6) is 0 Å². The molecular formula is C19H19FN6OS2. The van der Waals surface area contributed by atoms with Crippen LogP contribution in [-0.2, 0) is 11.3 Å². The van der Waals surface area contributed by atoms with Crippen LogP contribution in [0, 0.1) is 5.82 Å². The van der Waals surface area contributed by atoms with Gasteiger partial charge in [-0.2, -0.15) is 0 Å². The SMILES string of the molecule is C=C(/C=C\C)c1nnc(NC(=O)CSc2nnc(-c3ccc(F)cc3)n2CC)s1. The first-order valence-corrected chi connectivity index (χ1v) is 10.6. The van der Waals surface area contributed by atoms with Crippen LogP contribution in [0.15, 0.2) is 48.2 Å². The molecule has 0 saturated carbocycles. The molecule has 150 valence electrons. The van der Waals surface area contributed by atoms with Gasteiger partial charge in [0, 0.05) is 17.7 Å². The van der Waals surface area contributed by atoms with Gasteiger partial charge in [0.15, 0.2) is 11.0 Å². The van der Waals surface area contributed by atoms with Crippen molar-refractivity contribution in [3.05, 3.63) is 53.8 Å². The molecule has 0 aliphatic rings. The van der Waals surface area contributed by atoms with E-state index in [0.717, 1.165) is 11.1 Å². The number of aromatic nitrogens is 5. The summed E-state index contributed by atoms with van der Waals surface area (Å²) in [5, 5.41) is 20.8. The Morgan fingerprint density at radius 1 is 1.28 bits per heavy atom. The number of amides is 1. The van der Waals surface area contributed by atoms with E-state index in [0.29, 0.717) is 27.7 Å². The van der Waals surface area contributed by atoms with Gasteiger partial charge in [-0.25, -0.2) is 4.39 Å². The highest BCUT2D eigenvalue weighted by Gasteiger charge is 2.15. The third-order valence-corrected chi connectivity index (χ3v) is 5.66. The molecule has 7 nitrogen and oxygen atoms in total. The first-order chi connectivity index (χ1) is 14.0. The number of carbonyl (C=O) groups is 1. The monoisotopic (exact) mass is 430 g/mol. The molecule has 1 amide bonds. The topological polar surface area (TPSA) is 85.6 Å². The Morgan fingerprint density at radius 3 is 2.72 bits per heavy atom. The van der Waals surface area contributed by atoms with Crippen molar-refractivity contribution < 1.29 is 9.18 Å². The van der Waals surface area contributed by atoms with Gasteiger partial charge in [0.05, 0.1) is 5.75 Å². The highest BCUT2D eigenvalue weighted by molar-refractivity contribution is 7.99. The Labute approximate surface area is 175 Å². The van der Waals surface area contributed by atoms with Crippen LogP contribution in [0.3, 0.4) is 0 Å². The summed E-state index contributed by atoms with van der Waals surface area (Å²) in [6.45, 7) is 8.37. The average Bonchev–Trinajstić information content (AvgIpc) is 3.34. The van der Waals surface area contributed by atoms with E-state index in [9.17, 15) is 9.18 Å². The van der Waals surface area contributed by atoms with Crippen LogP contribution in [0.4, 0.5) is 9.52 Å². The molecule has 0 aliphatic carbocycles. The molecule has 29 heavy (non-hydrogen) atoms. The van der Waals surface area contributed by atoms with Crippen LogP contribution in [-0.4, -0.2) is 36.6 Å². The van der Waals surface area contributed by atoms with Crippen molar-refractivity contribution in [3.8, 4) is 11.4 Å². The van der Waals surface area contributed by atoms with Gasteiger partial charge in [-0.1, -0.05) is 41.8 Å². The lowest BCUT2D eigenvalue weighted by atomic mass is 10.2. The zero-order valence-corrected chi connectivity index (χ0v) is 17.6. The Morgan fingerprint density at radius 2 is 2.03 bits per heavy atom. The summed E-state index contributed by atoms with van der Waals surface area (Å²) >= 11 is 2.53. The van der Waals surface area contributed by atoms with Crippen LogP contribution in [0.2, 0.25) is 0 Å². The van der Waals surface area contributed by atoms with E-state index < -0.39 is 0 Å². The maximum absolute atomic E-state index is 13.2. The van der Waals surface area contributed by atoms with Gasteiger partial charge < -0.3 is 4.57 Å². The number of hydrogen-bond acceptors (Lipinski definition) is 7. The average molecular weight is 431 g/mol. The number of rotatable bonds is 8. The maximum Gasteiger partial charge on any atom is 0.236 e. The Bertz CT molecular complexity index is 1040. The van der Waals surface area contributed by atoms with Gasteiger partial charge in [-0.3, -0.25) is 10.1 Å². The standard InChI is InChI=1S/C19H19FN6OS2/c1-4-6-12(3)17-23-24-18(29-17)21-15(27)11-28-19-25-22-16(26(19)5-2)13-7-9-14(20)10-8-13/h4,6-10H,3,5,11H2,1-2H3,(H,21,24,27)/b6-4-. The molecule has 0 radical (unpaired) electrons. The number of allylic oxidation sites excluding steroid dienone is 3. The van der Waals surface area contributed by atoms with E-state index in [1.807, 2.05) is 30.6 Å². The fraction of sp³-hybridized carbons (Fsp3) is 0.211. The van der Waals surface area contributed by atoms with Crippen LogP contribution in [0.1, 0.15) is 18.9 Å². The molecule has 3 rings (SSSR count). The number of thioether (sulfide) groups is 1. The summed E-state index contributed by atoms with van der Waals surface area (Å²) in [5.41, 5.74) is 1.50. The number of carbonyl (C=O) groups excluding carboxylic acids is 1. The third kappa shape index (κ3) is 5.15. The maximum atomic E-state index is 13.2. The van der Waals surface area contributed by atoms with Gasteiger partial charge in [0.2, 0.25) is 11.0 Å². The predicted octanol–water partition coefficient (Wildman–Crippen LogP) is 4.28. The van der Waals surface area contributed by atoms with Gasteiger partial charge in [0.25, 0.3) is 0 Å². The number of hydrogen-bond donors (Lipinski definition) is 1. The molecule has 0 bridgehead atoms.